The molecule has 1 aromatic carbocycles. The molecule has 5 nitrogen and oxygen atoms in total. The summed E-state index contributed by atoms with van der Waals surface area (Å²) in [4.78, 5) is 23.3. The third kappa shape index (κ3) is 4.60. The Morgan fingerprint density at radius 2 is 2.00 bits per heavy atom. The van der Waals surface area contributed by atoms with Crippen molar-refractivity contribution < 1.29 is 14.3 Å². The van der Waals surface area contributed by atoms with E-state index in [4.69, 9.17) is 10.00 Å². The Bertz CT molecular complexity index is 557. The van der Waals surface area contributed by atoms with Crippen LogP contribution in [0.25, 0.3) is 0 Å². The summed E-state index contributed by atoms with van der Waals surface area (Å²) >= 11 is 0. The van der Waals surface area contributed by atoms with Gasteiger partial charge in [0.15, 0.2) is 6.61 Å². The second-order valence-corrected chi connectivity index (χ2v) is 5.22. The number of benzene rings is 1. The van der Waals surface area contributed by atoms with E-state index in [1.807, 2.05) is 6.07 Å². The maximum atomic E-state index is 11.7. The van der Waals surface area contributed by atoms with Crippen LogP contribution >= 0.6 is 0 Å². The molecule has 1 saturated carbocycles. The van der Waals surface area contributed by atoms with Gasteiger partial charge in [-0.1, -0.05) is 25.0 Å². The number of carbonyl (C=O) groups is 2. The van der Waals surface area contributed by atoms with Crippen LogP contribution in [0, 0.1) is 17.2 Å². The van der Waals surface area contributed by atoms with Gasteiger partial charge in [-0.25, -0.2) is 0 Å². The summed E-state index contributed by atoms with van der Waals surface area (Å²) in [6.07, 6.45) is 4.86. The minimum absolute atomic E-state index is 0.314. The summed E-state index contributed by atoms with van der Waals surface area (Å²) in [5, 5.41) is 11.5. The van der Waals surface area contributed by atoms with E-state index in [-0.39, 0.29) is 12.6 Å². The summed E-state index contributed by atoms with van der Waals surface area (Å²) in [7, 11) is 0. The molecule has 0 bridgehead atoms. The molecule has 0 aromatic heterocycles. The van der Waals surface area contributed by atoms with E-state index in [2.05, 4.69) is 5.32 Å². The Hall–Kier alpha value is -2.35. The molecular weight excluding hydrogens is 268 g/mol. The fourth-order valence-corrected chi connectivity index (χ4v) is 2.53. The number of hydrogen-bond acceptors (Lipinski definition) is 4. The first-order chi connectivity index (χ1) is 10.2. The molecule has 1 amide bonds. The molecule has 0 heterocycles. The number of para-hydroxylation sites is 1. The Balaban J connectivity index is 1.76. The van der Waals surface area contributed by atoms with E-state index in [1.54, 1.807) is 24.3 Å². The van der Waals surface area contributed by atoms with Gasteiger partial charge in [0.05, 0.1) is 11.3 Å². The molecule has 2 rings (SSSR count). The van der Waals surface area contributed by atoms with Gasteiger partial charge in [0.2, 0.25) is 0 Å². The van der Waals surface area contributed by atoms with Crippen molar-refractivity contribution in [2.45, 2.75) is 32.1 Å². The van der Waals surface area contributed by atoms with Gasteiger partial charge in [0, 0.05) is 6.42 Å². The van der Waals surface area contributed by atoms with Crippen molar-refractivity contribution in [2.75, 3.05) is 11.9 Å². The van der Waals surface area contributed by atoms with Crippen LogP contribution in [0.5, 0.6) is 0 Å². The minimum Gasteiger partial charge on any atom is -0.456 e. The number of nitrogens with one attached hydrogen (secondary N) is 1. The highest BCUT2D eigenvalue weighted by Crippen LogP contribution is 2.27. The average Bonchev–Trinajstić information content (AvgIpc) is 2.98. The third-order valence-corrected chi connectivity index (χ3v) is 3.62. The predicted molar refractivity (Wildman–Crippen MR) is 77.3 cm³/mol. The molecule has 1 N–H and O–H groups in total. The van der Waals surface area contributed by atoms with E-state index >= 15 is 0 Å². The van der Waals surface area contributed by atoms with Crippen molar-refractivity contribution >= 4 is 17.6 Å². The molecule has 0 aliphatic heterocycles. The highest BCUT2D eigenvalue weighted by Gasteiger charge is 2.19. The maximum Gasteiger partial charge on any atom is 0.306 e. The van der Waals surface area contributed by atoms with Gasteiger partial charge in [-0.3, -0.25) is 9.59 Å². The number of rotatable bonds is 5. The van der Waals surface area contributed by atoms with E-state index in [9.17, 15) is 9.59 Å². The lowest BCUT2D eigenvalue weighted by molar-refractivity contribution is -0.148. The topological polar surface area (TPSA) is 79.2 Å². The number of nitrogens with zero attached hydrogens (tertiary/aromatic N) is 1. The molecule has 0 unspecified atom stereocenters. The Morgan fingerprint density at radius 3 is 2.71 bits per heavy atom. The smallest absolute Gasteiger partial charge is 0.306 e. The lowest BCUT2D eigenvalue weighted by atomic mass is 10.1. The van der Waals surface area contributed by atoms with Crippen molar-refractivity contribution in [3.05, 3.63) is 29.8 Å². The number of esters is 1. The second kappa shape index (κ2) is 7.44. The van der Waals surface area contributed by atoms with Crippen molar-refractivity contribution in [3.8, 4) is 6.07 Å². The highest BCUT2D eigenvalue weighted by molar-refractivity contribution is 5.93. The van der Waals surface area contributed by atoms with Crippen molar-refractivity contribution in [1.82, 2.24) is 0 Å². The summed E-state index contributed by atoms with van der Waals surface area (Å²) in [6.45, 7) is -0.314. The Morgan fingerprint density at radius 1 is 1.29 bits per heavy atom. The van der Waals surface area contributed by atoms with Gasteiger partial charge in [-0.15, -0.1) is 0 Å². The largest absolute Gasteiger partial charge is 0.456 e. The van der Waals surface area contributed by atoms with E-state index in [0.717, 1.165) is 12.8 Å². The fraction of sp³-hybridized carbons (Fsp3) is 0.438. The molecule has 0 radical (unpaired) electrons. The van der Waals surface area contributed by atoms with Crippen LogP contribution in [-0.2, 0) is 14.3 Å². The minimum atomic E-state index is -0.433. The summed E-state index contributed by atoms with van der Waals surface area (Å²) < 4.78 is 4.98. The molecule has 0 spiro atoms. The maximum absolute atomic E-state index is 11.7. The molecular formula is C16H18N2O3. The first-order valence-electron chi connectivity index (χ1n) is 7.13. The summed E-state index contributed by atoms with van der Waals surface area (Å²) in [6, 6.07) is 8.68. The lowest BCUT2D eigenvalue weighted by Gasteiger charge is -2.10. The molecule has 110 valence electrons. The van der Waals surface area contributed by atoms with Crippen molar-refractivity contribution in [1.29, 1.82) is 5.26 Å². The van der Waals surface area contributed by atoms with Gasteiger partial charge in [-0.05, 0) is 30.9 Å². The molecule has 1 aromatic rings. The second-order valence-electron chi connectivity index (χ2n) is 5.22. The van der Waals surface area contributed by atoms with Crippen molar-refractivity contribution in [2.24, 2.45) is 5.92 Å². The fourth-order valence-electron chi connectivity index (χ4n) is 2.53. The standard InChI is InChI=1S/C16H18N2O3/c17-10-13-7-3-4-8-14(13)18-15(19)11-21-16(20)9-12-5-1-2-6-12/h3-4,7-8,12H,1-2,5-6,9,11H2,(H,18,19). The zero-order valence-electron chi connectivity index (χ0n) is 11.8. The number of amides is 1. The first-order valence-corrected chi connectivity index (χ1v) is 7.13. The van der Waals surface area contributed by atoms with E-state index in [1.165, 1.54) is 12.8 Å². The SMILES string of the molecule is N#Cc1ccccc1NC(=O)COC(=O)CC1CCCC1. The van der Waals surface area contributed by atoms with Gasteiger partial charge in [-0.2, -0.15) is 5.26 Å². The predicted octanol–water partition coefficient (Wildman–Crippen LogP) is 2.62. The van der Waals surface area contributed by atoms with Crippen LogP contribution < -0.4 is 5.32 Å². The molecule has 5 heteroatoms. The van der Waals surface area contributed by atoms with Crippen molar-refractivity contribution in [3.63, 3.8) is 0 Å². The zero-order chi connectivity index (χ0) is 15.1. The van der Waals surface area contributed by atoms with Crippen LogP contribution in [0.3, 0.4) is 0 Å². The quantitative estimate of drug-likeness (QED) is 0.844. The molecule has 0 saturated heterocycles. The molecule has 1 aliphatic carbocycles. The molecule has 1 fully saturated rings. The van der Waals surface area contributed by atoms with Crippen LogP contribution in [0.15, 0.2) is 24.3 Å². The average molecular weight is 286 g/mol. The Kier molecular flexibility index (Phi) is 5.33. The van der Waals surface area contributed by atoms with Crippen LogP contribution in [0.4, 0.5) is 5.69 Å². The monoisotopic (exact) mass is 286 g/mol. The van der Waals surface area contributed by atoms with Gasteiger partial charge < -0.3 is 10.1 Å². The number of ether oxygens (including phenoxy) is 1. The van der Waals surface area contributed by atoms with Gasteiger partial charge >= 0.3 is 5.97 Å². The highest BCUT2D eigenvalue weighted by atomic mass is 16.5. The third-order valence-electron chi connectivity index (χ3n) is 3.62. The lowest BCUT2D eigenvalue weighted by Crippen LogP contribution is -2.22. The number of nitriles is 1. The number of anilines is 1. The van der Waals surface area contributed by atoms with Crippen LogP contribution in [-0.4, -0.2) is 18.5 Å². The van der Waals surface area contributed by atoms with E-state index < -0.39 is 5.91 Å². The molecule has 21 heavy (non-hydrogen) atoms. The molecule has 0 atom stereocenters. The summed E-state index contributed by atoms with van der Waals surface area (Å²) in [5.41, 5.74) is 0.806. The number of hydrogen-bond donors (Lipinski definition) is 1. The van der Waals surface area contributed by atoms with Crippen LogP contribution in [0.2, 0.25) is 0 Å². The number of carbonyl (C=O) groups excluding carboxylic acids is 2. The normalized spacial score (nSPS) is 14.4. The van der Waals surface area contributed by atoms with Crippen LogP contribution in [0.1, 0.15) is 37.7 Å². The summed E-state index contributed by atoms with van der Waals surface area (Å²) in [5.74, 6) is -0.358. The zero-order valence-corrected chi connectivity index (χ0v) is 11.8. The first kappa shape index (κ1) is 15.0. The van der Waals surface area contributed by atoms with Gasteiger partial charge in [0.25, 0.3) is 5.91 Å². The molecule has 1 aliphatic rings. The van der Waals surface area contributed by atoms with Gasteiger partial charge in [0.1, 0.15) is 6.07 Å². The van der Waals surface area contributed by atoms with E-state index in [0.29, 0.717) is 23.6 Å². The Labute approximate surface area is 123 Å².